The zero-order valence-electron chi connectivity index (χ0n) is 11.3. The van der Waals surface area contributed by atoms with Crippen molar-refractivity contribution in [2.24, 2.45) is 5.92 Å². The Balaban J connectivity index is 2.08. The molecule has 1 aromatic carbocycles. The van der Waals surface area contributed by atoms with Crippen LogP contribution in [0.5, 0.6) is 5.75 Å². The first-order valence-electron chi connectivity index (χ1n) is 6.70. The molecule has 0 heterocycles. The molecule has 2 N–H and O–H groups in total. The van der Waals surface area contributed by atoms with Gasteiger partial charge in [0.15, 0.2) is 0 Å². The van der Waals surface area contributed by atoms with Crippen molar-refractivity contribution in [1.29, 1.82) is 0 Å². The van der Waals surface area contributed by atoms with Crippen LogP contribution < -0.4 is 10.1 Å². The summed E-state index contributed by atoms with van der Waals surface area (Å²) in [5.41, 5.74) is 0.908. The predicted molar refractivity (Wildman–Crippen MR) is 74.1 cm³/mol. The molecule has 1 fully saturated rings. The zero-order valence-corrected chi connectivity index (χ0v) is 11.3. The van der Waals surface area contributed by atoms with Gasteiger partial charge >= 0.3 is 0 Å². The molecule has 2 unspecified atom stereocenters. The molecule has 0 aliphatic heterocycles. The van der Waals surface area contributed by atoms with Crippen molar-refractivity contribution in [3.8, 4) is 5.75 Å². The number of hydrogen-bond acceptors (Lipinski definition) is 3. The first kappa shape index (κ1) is 13.2. The molecule has 18 heavy (non-hydrogen) atoms. The van der Waals surface area contributed by atoms with Gasteiger partial charge in [-0.05, 0) is 43.0 Å². The molecule has 0 aromatic heterocycles. The lowest BCUT2D eigenvalue weighted by Gasteiger charge is -2.40. The highest BCUT2D eigenvalue weighted by Gasteiger charge is 2.34. The molecule has 1 aliphatic rings. The zero-order chi connectivity index (χ0) is 13.0. The lowest BCUT2D eigenvalue weighted by atomic mass is 9.76. The molecule has 2 atom stereocenters. The van der Waals surface area contributed by atoms with Crippen LogP contribution in [0.2, 0.25) is 0 Å². The Morgan fingerprint density at radius 1 is 1.39 bits per heavy atom. The van der Waals surface area contributed by atoms with Crippen molar-refractivity contribution in [2.45, 2.75) is 38.1 Å². The van der Waals surface area contributed by atoms with Crippen LogP contribution in [-0.4, -0.2) is 24.4 Å². The Morgan fingerprint density at radius 2 is 2.11 bits per heavy atom. The van der Waals surface area contributed by atoms with Crippen LogP contribution in [-0.2, 0) is 0 Å². The Morgan fingerprint density at radius 3 is 2.67 bits per heavy atom. The molecule has 1 saturated carbocycles. The van der Waals surface area contributed by atoms with Gasteiger partial charge in [0.05, 0.1) is 19.3 Å². The quantitative estimate of drug-likeness (QED) is 0.861. The van der Waals surface area contributed by atoms with Crippen molar-refractivity contribution < 1.29 is 9.84 Å². The highest BCUT2D eigenvalue weighted by atomic mass is 16.5. The molecule has 0 spiro atoms. The topological polar surface area (TPSA) is 41.5 Å². The standard InChI is InChI=1S/C15H23NO2/c1-12-4-3-9-15(10-12,11-17)16-13-5-7-14(18-2)8-6-13/h5-8,12,16-17H,3-4,9-11H2,1-2H3. The van der Waals surface area contributed by atoms with E-state index in [2.05, 4.69) is 12.2 Å². The van der Waals surface area contributed by atoms with Gasteiger partial charge in [-0.15, -0.1) is 0 Å². The predicted octanol–water partition coefficient (Wildman–Crippen LogP) is 3.05. The molecule has 1 aromatic rings. The van der Waals surface area contributed by atoms with E-state index < -0.39 is 0 Å². The highest BCUT2D eigenvalue weighted by molar-refractivity contribution is 5.48. The SMILES string of the molecule is COc1ccc(NC2(CO)CCCC(C)C2)cc1. The van der Waals surface area contributed by atoms with E-state index in [0.717, 1.165) is 24.3 Å². The number of anilines is 1. The number of ether oxygens (including phenoxy) is 1. The minimum atomic E-state index is -0.147. The number of benzene rings is 1. The van der Waals surface area contributed by atoms with Crippen LogP contribution in [0.15, 0.2) is 24.3 Å². The molecule has 3 heteroatoms. The summed E-state index contributed by atoms with van der Waals surface area (Å²) >= 11 is 0. The lowest BCUT2D eigenvalue weighted by molar-refractivity contribution is 0.149. The van der Waals surface area contributed by atoms with Gasteiger partial charge in [0, 0.05) is 5.69 Å². The third-order valence-corrected chi connectivity index (χ3v) is 3.89. The molecule has 3 nitrogen and oxygen atoms in total. The second kappa shape index (κ2) is 5.61. The highest BCUT2D eigenvalue weighted by Crippen LogP contribution is 2.35. The molecule has 0 radical (unpaired) electrons. The van der Waals surface area contributed by atoms with Crippen LogP contribution in [0.3, 0.4) is 0 Å². The maximum atomic E-state index is 9.73. The van der Waals surface area contributed by atoms with E-state index in [1.165, 1.54) is 12.8 Å². The van der Waals surface area contributed by atoms with E-state index in [1.54, 1.807) is 7.11 Å². The van der Waals surface area contributed by atoms with Crippen molar-refractivity contribution in [3.05, 3.63) is 24.3 Å². The summed E-state index contributed by atoms with van der Waals surface area (Å²) in [6.45, 7) is 2.46. The van der Waals surface area contributed by atoms with Gasteiger partial charge in [-0.1, -0.05) is 19.8 Å². The fourth-order valence-corrected chi connectivity index (χ4v) is 2.94. The van der Waals surface area contributed by atoms with E-state index in [-0.39, 0.29) is 12.1 Å². The second-order valence-electron chi connectivity index (χ2n) is 5.49. The Hall–Kier alpha value is -1.22. The average molecular weight is 249 g/mol. The smallest absolute Gasteiger partial charge is 0.119 e. The summed E-state index contributed by atoms with van der Waals surface area (Å²) in [6.07, 6.45) is 4.53. The molecular weight excluding hydrogens is 226 g/mol. The first-order valence-corrected chi connectivity index (χ1v) is 6.70. The fraction of sp³-hybridized carbons (Fsp3) is 0.600. The van der Waals surface area contributed by atoms with Gasteiger partial charge in [0.1, 0.15) is 5.75 Å². The first-order chi connectivity index (χ1) is 8.67. The average Bonchev–Trinajstić information content (AvgIpc) is 2.39. The number of hydrogen-bond donors (Lipinski definition) is 2. The van der Waals surface area contributed by atoms with Crippen LogP contribution in [0.4, 0.5) is 5.69 Å². The Labute approximate surface area is 109 Å². The van der Waals surface area contributed by atoms with Gasteiger partial charge in [-0.25, -0.2) is 0 Å². The third-order valence-electron chi connectivity index (χ3n) is 3.89. The van der Waals surface area contributed by atoms with E-state index in [9.17, 15) is 5.11 Å². The van der Waals surface area contributed by atoms with Crippen LogP contribution in [0.25, 0.3) is 0 Å². The summed E-state index contributed by atoms with van der Waals surface area (Å²) in [6, 6.07) is 7.91. The molecule has 0 amide bonds. The number of aliphatic hydroxyl groups is 1. The minimum Gasteiger partial charge on any atom is -0.497 e. The van der Waals surface area contributed by atoms with Crippen LogP contribution >= 0.6 is 0 Å². The van der Waals surface area contributed by atoms with Crippen molar-refractivity contribution >= 4 is 5.69 Å². The number of rotatable bonds is 4. The van der Waals surface area contributed by atoms with Gasteiger partial charge in [-0.3, -0.25) is 0 Å². The van der Waals surface area contributed by atoms with Crippen LogP contribution in [0, 0.1) is 5.92 Å². The molecule has 100 valence electrons. The summed E-state index contributed by atoms with van der Waals surface area (Å²) < 4.78 is 5.15. The number of methoxy groups -OCH3 is 1. The van der Waals surface area contributed by atoms with Gasteiger partial charge < -0.3 is 15.2 Å². The van der Waals surface area contributed by atoms with E-state index in [0.29, 0.717) is 5.92 Å². The molecule has 1 aliphatic carbocycles. The van der Waals surface area contributed by atoms with E-state index >= 15 is 0 Å². The summed E-state index contributed by atoms with van der Waals surface area (Å²) in [4.78, 5) is 0. The largest absolute Gasteiger partial charge is 0.497 e. The summed E-state index contributed by atoms with van der Waals surface area (Å²) in [5, 5.41) is 13.3. The number of aliphatic hydroxyl groups excluding tert-OH is 1. The van der Waals surface area contributed by atoms with Gasteiger partial charge in [0.2, 0.25) is 0 Å². The maximum absolute atomic E-state index is 9.73. The number of nitrogens with one attached hydrogen (secondary N) is 1. The Bertz CT molecular complexity index is 377. The molecule has 0 bridgehead atoms. The maximum Gasteiger partial charge on any atom is 0.119 e. The summed E-state index contributed by atoms with van der Waals surface area (Å²) in [7, 11) is 1.67. The summed E-state index contributed by atoms with van der Waals surface area (Å²) in [5.74, 6) is 1.53. The molecule has 2 rings (SSSR count). The second-order valence-corrected chi connectivity index (χ2v) is 5.49. The lowest BCUT2D eigenvalue weighted by Crippen LogP contribution is -2.45. The Kier molecular flexibility index (Phi) is 4.12. The van der Waals surface area contributed by atoms with Crippen molar-refractivity contribution in [1.82, 2.24) is 0 Å². The normalized spacial score (nSPS) is 27.8. The van der Waals surface area contributed by atoms with E-state index in [4.69, 9.17) is 4.74 Å². The molecule has 0 saturated heterocycles. The van der Waals surface area contributed by atoms with Gasteiger partial charge in [0.25, 0.3) is 0 Å². The van der Waals surface area contributed by atoms with E-state index in [1.807, 2.05) is 24.3 Å². The van der Waals surface area contributed by atoms with Crippen LogP contribution in [0.1, 0.15) is 32.6 Å². The monoisotopic (exact) mass is 249 g/mol. The molecular formula is C15H23NO2. The van der Waals surface area contributed by atoms with Gasteiger partial charge in [-0.2, -0.15) is 0 Å². The minimum absolute atomic E-state index is 0.147. The van der Waals surface area contributed by atoms with Crippen molar-refractivity contribution in [2.75, 3.05) is 19.0 Å². The third kappa shape index (κ3) is 2.96. The van der Waals surface area contributed by atoms with Crippen molar-refractivity contribution in [3.63, 3.8) is 0 Å². The fourth-order valence-electron chi connectivity index (χ4n) is 2.94.